The maximum absolute atomic E-state index is 12.8. The summed E-state index contributed by atoms with van der Waals surface area (Å²) < 4.78 is 17.2. The molecule has 3 rings (SSSR count). The Labute approximate surface area is 196 Å². The fourth-order valence-electron chi connectivity index (χ4n) is 3.63. The van der Waals surface area contributed by atoms with Crippen molar-refractivity contribution in [3.8, 4) is 23.0 Å². The first-order valence-corrected chi connectivity index (χ1v) is 11.3. The zero-order chi connectivity index (χ0) is 24.0. The number of carbonyl (C=O) groups is 1. The zero-order valence-electron chi connectivity index (χ0n) is 20.1. The van der Waals surface area contributed by atoms with Crippen LogP contribution in [0.5, 0.6) is 23.0 Å². The molecule has 1 aliphatic heterocycles. The average molecular weight is 452 g/mol. The van der Waals surface area contributed by atoms with E-state index in [0.717, 1.165) is 25.2 Å². The molecule has 176 valence electrons. The van der Waals surface area contributed by atoms with Crippen LogP contribution in [-0.2, 0) is 0 Å². The standard InChI is InChI=1S/C27H33NO5/c1-6-28(7-2)16-17-32-24-12-9-19(18-25(24)31-5)8-11-22(29)20-10-13-23-21(26(20)30)14-15-27(3,4)33-23/h8-15,18,30H,6-7,16-17H2,1-5H3/b11-8+. The lowest BCUT2D eigenvalue weighted by atomic mass is 9.98. The van der Waals surface area contributed by atoms with Crippen LogP contribution in [0.2, 0.25) is 0 Å². The van der Waals surface area contributed by atoms with E-state index < -0.39 is 5.60 Å². The predicted molar refractivity (Wildman–Crippen MR) is 131 cm³/mol. The van der Waals surface area contributed by atoms with E-state index in [4.69, 9.17) is 14.2 Å². The number of phenolic OH excluding ortho intramolecular Hbond substituents is 1. The first kappa shape index (κ1) is 24.4. The molecule has 0 spiro atoms. The lowest BCUT2D eigenvalue weighted by Gasteiger charge is -2.28. The molecule has 0 atom stereocenters. The third kappa shape index (κ3) is 5.96. The summed E-state index contributed by atoms with van der Waals surface area (Å²) in [6.45, 7) is 11.5. The van der Waals surface area contributed by atoms with E-state index in [1.165, 1.54) is 6.08 Å². The van der Waals surface area contributed by atoms with Crippen LogP contribution in [-0.4, -0.2) is 54.7 Å². The summed E-state index contributed by atoms with van der Waals surface area (Å²) in [6, 6.07) is 8.83. The molecular weight excluding hydrogens is 418 g/mol. The largest absolute Gasteiger partial charge is 0.506 e. The molecule has 6 heteroatoms. The molecule has 2 aromatic rings. The van der Waals surface area contributed by atoms with Gasteiger partial charge in [-0.15, -0.1) is 0 Å². The molecule has 2 aromatic carbocycles. The molecule has 0 saturated carbocycles. The Kier molecular flexibility index (Phi) is 7.82. The molecule has 0 bridgehead atoms. The van der Waals surface area contributed by atoms with Gasteiger partial charge < -0.3 is 24.2 Å². The highest BCUT2D eigenvalue weighted by atomic mass is 16.5. The molecule has 0 radical (unpaired) electrons. The van der Waals surface area contributed by atoms with Gasteiger partial charge in [0.05, 0.1) is 18.2 Å². The number of aromatic hydroxyl groups is 1. The Hall–Kier alpha value is -3.25. The predicted octanol–water partition coefficient (Wildman–Crippen LogP) is 5.20. The minimum atomic E-state index is -0.453. The molecule has 0 amide bonds. The number of methoxy groups -OCH3 is 1. The van der Waals surface area contributed by atoms with Crippen LogP contribution in [0.3, 0.4) is 0 Å². The van der Waals surface area contributed by atoms with E-state index in [1.54, 1.807) is 31.4 Å². The number of rotatable bonds is 10. The molecule has 1 N–H and O–H groups in total. The summed E-state index contributed by atoms with van der Waals surface area (Å²) in [5.41, 5.74) is 1.08. The third-order valence-electron chi connectivity index (χ3n) is 5.64. The van der Waals surface area contributed by atoms with Crippen LogP contribution >= 0.6 is 0 Å². The number of fused-ring (bicyclic) bond motifs is 1. The second-order valence-electron chi connectivity index (χ2n) is 8.40. The molecule has 0 saturated heterocycles. The molecule has 0 aromatic heterocycles. The van der Waals surface area contributed by atoms with E-state index in [1.807, 2.05) is 38.1 Å². The number of hydrogen-bond donors (Lipinski definition) is 1. The summed E-state index contributed by atoms with van der Waals surface area (Å²) in [6.07, 6.45) is 6.78. The monoisotopic (exact) mass is 451 g/mol. The van der Waals surface area contributed by atoms with Gasteiger partial charge in [-0.05, 0) is 75.0 Å². The van der Waals surface area contributed by atoms with Gasteiger partial charge in [0.2, 0.25) is 0 Å². The number of likely N-dealkylation sites (N-methyl/N-ethyl adjacent to an activating group) is 1. The van der Waals surface area contributed by atoms with E-state index in [0.29, 0.717) is 29.4 Å². The Morgan fingerprint density at radius 3 is 2.61 bits per heavy atom. The van der Waals surface area contributed by atoms with Crippen molar-refractivity contribution < 1.29 is 24.1 Å². The Morgan fingerprint density at radius 1 is 1.15 bits per heavy atom. The summed E-state index contributed by atoms with van der Waals surface area (Å²) in [5.74, 6) is 1.44. The van der Waals surface area contributed by atoms with Crippen molar-refractivity contribution in [3.05, 3.63) is 59.2 Å². The van der Waals surface area contributed by atoms with E-state index in [9.17, 15) is 9.90 Å². The highest BCUT2D eigenvalue weighted by Gasteiger charge is 2.25. The zero-order valence-corrected chi connectivity index (χ0v) is 20.1. The molecule has 33 heavy (non-hydrogen) atoms. The van der Waals surface area contributed by atoms with Gasteiger partial charge in [-0.2, -0.15) is 0 Å². The second kappa shape index (κ2) is 10.6. The molecule has 0 unspecified atom stereocenters. The summed E-state index contributed by atoms with van der Waals surface area (Å²) in [5, 5.41) is 10.6. The van der Waals surface area contributed by atoms with Gasteiger partial charge in [-0.3, -0.25) is 4.79 Å². The molecule has 1 heterocycles. The lowest BCUT2D eigenvalue weighted by Crippen LogP contribution is -2.27. The number of carbonyl (C=O) groups excluding carboxylic acids is 1. The van der Waals surface area contributed by atoms with Gasteiger partial charge in [0.25, 0.3) is 0 Å². The van der Waals surface area contributed by atoms with Crippen molar-refractivity contribution in [3.63, 3.8) is 0 Å². The topological polar surface area (TPSA) is 68.2 Å². The Balaban J connectivity index is 1.71. The highest BCUT2D eigenvalue weighted by Crippen LogP contribution is 2.38. The summed E-state index contributed by atoms with van der Waals surface area (Å²) in [7, 11) is 1.59. The lowest BCUT2D eigenvalue weighted by molar-refractivity contribution is 0.104. The van der Waals surface area contributed by atoms with Crippen molar-refractivity contribution in [2.45, 2.75) is 33.3 Å². The SMILES string of the molecule is CCN(CC)CCOc1ccc(/C=C/C(=O)c2ccc3c(c2O)C=CC(C)(C)O3)cc1OC. The number of nitrogens with zero attached hydrogens (tertiary/aromatic N) is 1. The maximum Gasteiger partial charge on any atom is 0.189 e. The number of ether oxygens (including phenoxy) is 3. The van der Waals surface area contributed by atoms with Crippen molar-refractivity contribution in [2.24, 2.45) is 0 Å². The summed E-state index contributed by atoms with van der Waals surface area (Å²) >= 11 is 0. The highest BCUT2D eigenvalue weighted by molar-refractivity contribution is 6.09. The van der Waals surface area contributed by atoms with E-state index in [2.05, 4.69) is 18.7 Å². The number of hydrogen-bond acceptors (Lipinski definition) is 6. The Morgan fingerprint density at radius 2 is 1.91 bits per heavy atom. The van der Waals surface area contributed by atoms with Crippen LogP contribution in [0.25, 0.3) is 12.2 Å². The average Bonchev–Trinajstić information content (AvgIpc) is 2.80. The van der Waals surface area contributed by atoms with Crippen LogP contribution in [0.1, 0.15) is 49.2 Å². The van der Waals surface area contributed by atoms with Crippen LogP contribution < -0.4 is 14.2 Å². The first-order valence-electron chi connectivity index (χ1n) is 11.3. The number of ketones is 1. The Bertz CT molecular complexity index is 1050. The molecular formula is C27H33NO5. The van der Waals surface area contributed by atoms with Gasteiger partial charge in [0, 0.05) is 6.54 Å². The van der Waals surface area contributed by atoms with Gasteiger partial charge >= 0.3 is 0 Å². The third-order valence-corrected chi connectivity index (χ3v) is 5.64. The van der Waals surface area contributed by atoms with Crippen molar-refractivity contribution >= 4 is 17.9 Å². The van der Waals surface area contributed by atoms with Crippen LogP contribution in [0, 0.1) is 0 Å². The smallest absolute Gasteiger partial charge is 0.189 e. The van der Waals surface area contributed by atoms with Gasteiger partial charge in [-0.1, -0.05) is 26.0 Å². The van der Waals surface area contributed by atoms with Gasteiger partial charge in [0.1, 0.15) is 23.7 Å². The minimum absolute atomic E-state index is 0.0802. The van der Waals surface area contributed by atoms with Crippen molar-refractivity contribution in [2.75, 3.05) is 33.4 Å². The van der Waals surface area contributed by atoms with E-state index in [-0.39, 0.29) is 17.1 Å². The molecule has 0 aliphatic carbocycles. The first-order chi connectivity index (χ1) is 15.8. The fourth-order valence-corrected chi connectivity index (χ4v) is 3.63. The quantitative estimate of drug-likeness (QED) is 0.395. The normalized spacial score (nSPS) is 14.2. The molecule has 0 fully saturated rings. The number of phenols is 1. The second-order valence-corrected chi connectivity index (χ2v) is 8.40. The van der Waals surface area contributed by atoms with Crippen LogP contribution in [0.4, 0.5) is 0 Å². The number of allylic oxidation sites excluding steroid dienone is 1. The molecule has 6 nitrogen and oxygen atoms in total. The molecule has 1 aliphatic rings. The summed E-state index contributed by atoms with van der Waals surface area (Å²) in [4.78, 5) is 15.0. The van der Waals surface area contributed by atoms with Gasteiger partial charge in [0.15, 0.2) is 17.3 Å². The minimum Gasteiger partial charge on any atom is -0.506 e. The fraction of sp³-hybridized carbons (Fsp3) is 0.370. The van der Waals surface area contributed by atoms with Gasteiger partial charge in [-0.25, -0.2) is 0 Å². The van der Waals surface area contributed by atoms with Crippen LogP contribution in [0.15, 0.2) is 42.5 Å². The van der Waals surface area contributed by atoms with Crippen molar-refractivity contribution in [1.82, 2.24) is 4.90 Å². The van der Waals surface area contributed by atoms with E-state index >= 15 is 0 Å². The van der Waals surface area contributed by atoms with Crippen molar-refractivity contribution in [1.29, 1.82) is 0 Å². The number of benzene rings is 2. The maximum atomic E-state index is 12.8.